The van der Waals surface area contributed by atoms with Crippen LogP contribution >= 0.6 is 0 Å². The molecule has 1 aromatic carbocycles. The van der Waals surface area contributed by atoms with Crippen molar-refractivity contribution in [2.75, 3.05) is 32.3 Å². The zero-order chi connectivity index (χ0) is 14.7. The topological polar surface area (TPSA) is 76.1 Å². The van der Waals surface area contributed by atoms with Crippen LogP contribution in [0.25, 0.3) is 0 Å². The number of aliphatic hydroxyl groups is 1. The van der Waals surface area contributed by atoms with Gasteiger partial charge in [-0.25, -0.2) is 4.79 Å². The molecule has 0 spiro atoms. The number of aliphatic hydroxyl groups excluding tert-OH is 1. The summed E-state index contributed by atoms with van der Waals surface area (Å²) in [4.78, 5) is 25.0. The predicted octanol–water partition coefficient (Wildman–Crippen LogP) is 0.827. The fourth-order valence-electron chi connectivity index (χ4n) is 2.28. The summed E-state index contributed by atoms with van der Waals surface area (Å²) < 4.78 is 9.89. The third-order valence-electron chi connectivity index (χ3n) is 3.35. The summed E-state index contributed by atoms with van der Waals surface area (Å²) in [5, 5.41) is 9.15. The Morgan fingerprint density at radius 3 is 2.75 bits per heavy atom. The van der Waals surface area contributed by atoms with Gasteiger partial charge < -0.3 is 19.5 Å². The van der Waals surface area contributed by atoms with E-state index in [1.807, 2.05) is 0 Å². The van der Waals surface area contributed by atoms with E-state index in [4.69, 9.17) is 9.84 Å². The maximum atomic E-state index is 12.0. The molecular formula is C14H17NO5. The average molecular weight is 279 g/mol. The largest absolute Gasteiger partial charge is 0.495 e. The second kappa shape index (κ2) is 5.92. The van der Waals surface area contributed by atoms with E-state index < -0.39 is 5.97 Å². The lowest BCUT2D eigenvalue weighted by Crippen LogP contribution is -2.25. The van der Waals surface area contributed by atoms with Gasteiger partial charge in [0.25, 0.3) is 0 Å². The van der Waals surface area contributed by atoms with Crippen LogP contribution < -0.4 is 9.64 Å². The monoisotopic (exact) mass is 279 g/mol. The fourth-order valence-corrected chi connectivity index (χ4v) is 2.28. The number of methoxy groups -OCH3 is 2. The standard InChI is InChI=1S/C14H17NO5/c1-19-12-6-10(14(18)20-2)3-4-11(12)15-7-9(8-16)5-13(15)17/h3-4,6,9,16H,5,7-8H2,1-2H3. The van der Waals surface area contributed by atoms with Gasteiger partial charge >= 0.3 is 5.97 Å². The quantitative estimate of drug-likeness (QED) is 0.826. The molecule has 0 aliphatic carbocycles. The first-order chi connectivity index (χ1) is 9.60. The van der Waals surface area contributed by atoms with Gasteiger partial charge in [0.1, 0.15) is 5.75 Å². The van der Waals surface area contributed by atoms with Gasteiger partial charge in [-0.05, 0) is 18.2 Å². The van der Waals surface area contributed by atoms with Crippen LogP contribution in [0.1, 0.15) is 16.8 Å². The van der Waals surface area contributed by atoms with E-state index in [9.17, 15) is 9.59 Å². The minimum absolute atomic E-state index is 0.0230. The Bertz CT molecular complexity index is 528. The first kappa shape index (κ1) is 14.3. The molecule has 1 aliphatic heterocycles. The Morgan fingerprint density at radius 1 is 1.45 bits per heavy atom. The minimum atomic E-state index is -0.462. The molecule has 0 radical (unpaired) electrons. The minimum Gasteiger partial charge on any atom is -0.495 e. The smallest absolute Gasteiger partial charge is 0.337 e. The van der Waals surface area contributed by atoms with Crippen molar-refractivity contribution in [3.8, 4) is 5.75 Å². The highest BCUT2D eigenvalue weighted by Crippen LogP contribution is 2.33. The van der Waals surface area contributed by atoms with Gasteiger partial charge in [-0.2, -0.15) is 0 Å². The average Bonchev–Trinajstić information content (AvgIpc) is 2.86. The van der Waals surface area contributed by atoms with E-state index in [1.54, 1.807) is 23.1 Å². The highest BCUT2D eigenvalue weighted by Gasteiger charge is 2.31. The number of esters is 1. The van der Waals surface area contributed by atoms with Crippen LogP contribution in [-0.4, -0.2) is 44.4 Å². The molecule has 1 unspecified atom stereocenters. The molecule has 0 aromatic heterocycles. The lowest BCUT2D eigenvalue weighted by molar-refractivity contribution is -0.117. The third kappa shape index (κ3) is 2.60. The number of carbonyl (C=O) groups excluding carboxylic acids is 2. The summed E-state index contributed by atoms with van der Waals surface area (Å²) in [5.41, 5.74) is 0.958. The van der Waals surface area contributed by atoms with Crippen LogP contribution in [-0.2, 0) is 9.53 Å². The van der Waals surface area contributed by atoms with Crippen molar-refractivity contribution in [1.82, 2.24) is 0 Å². The van der Waals surface area contributed by atoms with E-state index in [0.29, 0.717) is 30.0 Å². The Kier molecular flexibility index (Phi) is 4.24. The van der Waals surface area contributed by atoms with Crippen LogP contribution in [0.4, 0.5) is 5.69 Å². The summed E-state index contributed by atoms with van der Waals surface area (Å²) in [7, 11) is 2.78. The van der Waals surface area contributed by atoms with E-state index in [2.05, 4.69) is 4.74 Å². The Morgan fingerprint density at radius 2 is 2.20 bits per heavy atom. The number of amides is 1. The second-order valence-electron chi connectivity index (χ2n) is 4.64. The summed E-state index contributed by atoms with van der Waals surface area (Å²) in [6.45, 7) is 0.425. The Labute approximate surface area is 116 Å². The van der Waals surface area contributed by atoms with Crippen LogP contribution in [0.3, 0.4) is 0 Å². The van der Waals surface area contributed by atoms with Gasteiger partial charge in [-0.15, -0.1) is 0 Å². The number of rotatable bonds is 4. The molecule has 1 aliphatic rings. The molecule has 2 rings (SSSR count). The van der Waals surface area contributed by atoms with E-state index in [1.165, 1.54) is 14.2 Å². The summed E-state index contributed by atoms with van der Waals surface area (Å²) in [6.07, 6.45) is 0.318. The molecule has 6 heteroatoms. The van der Waals surface area contributed by atoms with Crippen molar-refractivity contribution in [2.45, 2.75) is 6.42 Å². The molecule has 1 aromatic rings. The lowest BCUT2D eigenvalue weighted by Gasteiger charge is -2.20. The van der Waals surface area contributed by atoms with Crippen LogP contribution in [0.5, 0.6) is 5.75 Å². The summed E-state index contributed by atoms with van der Waals surface area (Å²) >= 11 is 0. The third-order valence-corrected chi connectivity index (χ3v) is 3.35. The number of anilines is 1. The molecule has 108 valence electrons. The number of benzene rings is 1. The molecule has 1 atom stereocenters. The van der Waals surface area contributed by atoms with Crippen molar-refractivity contribution in [2.24, 2.45) is 5.92 Å². The number of ether oxygens (including phenoxy) is 2. The molecule has 0 saturated carbocycles. The van der Waals surface area contributed by atoms with Gasteiger partial charge in [-0.1, -0.05) is 0 Å². The highest BCUT2D eigenvalue weighted by molar-refractivity contribution is 5.98. The molecule has 1 N–H and O–H groups in total. The van der Waals surface area contributed by atoms with Crippen molar-refractivity contribution in [1.29, 1.82) is 0 Å². The van der Waals surface area contributed by atoms with Crippen molar-refractivity contribution in [3.05, 3.63) is 23.8 Å². The predicted molar refractivity (Wildman–Crippen MR) is 71.9 cm³/mol. The first-order valence-corrected chi connectivity index (χ1v) is 6.28. The summed E-state index contributed by atoms with van der Waals surface area (Å²) in [6, 6.07) is 4.78. The van der Waals surface area contributed by atoms with Crippen molar-refractivity contribution < 1.29 is 24.2 Å². The molecule has 1 amide bonds. The fraction of sp³-hybridized carbons (Fsp3) is 0.429. The molecule has 6 nitrogen and oxygen atoms in total. The molecule has 1 fully saturated rings. The van der Waals surface area contributed by atoms with Gasteiger partial charge in [-0.3, -0.25) is 4.79 Å². The highest BCUT2D eigenvalue weighted by atomic mass is 16.5. The number of hydrogen-bond donors (Lipinski definition) is 1. The van der Waals surface area contributed by atoms with Gasteiger partial charge in [0.05, 0.1) is 25.5 Å². The molecule has 20 heavy (non-hydrogen) atoms. The van der Waals surface area contributed by atoms with Crippen molar-refractivity contribution >= 4 is 17.6 Å². The van der Waals surface area contributed by atoms with E-state index in [0.717, 1.165) is 0 Å². The van der Waals surface area contributed by atoms with Gasteiger partial charge in [0.2, 0.25) is 5.91 Å². The molecule has 0 bridgehead atoms. The first-order valence-electron chi connectivity index (χ1n) is 6.28. The van der Waals surface area contributed by atoms with Crippen LogP contribution in [0, 0.1) is 5.92 Å². The normalized spacial score (nSPS) is 18.2. The Hall–Kier alpha value is -2.08. The zero-order valence-corrected chi connectivity index (χ0v) is 11.5. The maximum absolute atomic E-state index is 12.0. The number of carbonyl (C=O) groups is 2. The number of hydrogen-bond acceptors (Lipinski definition) is 5. The van der Waals surface area contributed by atoms with Crippen LogP contribution in [0.15, 0.2) is 18.2 Å². The lowest BCUT2D eigenvalue weighted by atomic mass is 10.1. The molecule has 1 saturated heterocycles. The van der Waals surface area contributed by atoms with Crippen LogP contribution in [0.2, 0.25) is 0 Å². The second-order valence-corrected chi connectivity index (χ2v) is 4.64. The van der Waals surface area contributed by atoms with Gasteiger partial charge in [0, 0.05) is 25.5 Å². The zero-order valence-electron chi connectivity index (χ0n) is 11.5. The SMILES string of the molecule is COC(=O)c1ccc(N2CC(CO)CC2=O)c(OC)c1. The molecular weight excluding hydrogens is 262 g/mol. The maximum Gasteiger partial charge on any atom is 0.337 e. The molecule has 1 heterocycles. The number of nitrogens with zero attached hydrogens (tertiary/aromatic N) is 1. The van der Waals surface area contributed by atoms with Crippen molar-refractivity contribution in [3.63, 3.8) is 0 Å². The van der Waals surface area contributed by atoms with E-state index >= 15 is 0 Å². The van der Waals surface area contributed by atoms with Gasteiger partial charge in [0.15, 0.2) is 0 Å². The Balaban J connectivity index is 2.33. The van der Waals surface area contributed by atoms with E-state index in [-0.39, 0.29) is 18.4 Å². The summed E-state index contributed by atoms with van der Waals surface area (Å²) in [5.74, 6) is -0.156.